The fourth-order valence-corrected chi connectivity index (χ4v) is 5.34. The van der Waals surface area contributed by atoms with Crippen LogP contribution in [0.25, 0.3) is 22.0 Å². The number of halogens is 6. The van der Waals surface area contributed by atoms with Crippen molar-refractivity contribution < 1.29 is 35.9 Å². The molecule has 2 aromatic heterocycles. The van der Waals surface area contributed by atoms with Crippen molar-refractivity contribution in [3.05, 3.63) is 65.6 Å². The van der Waals surface area contributed by atoms with Crippen LogP contribution in [0, 0.1) is 0 Å². The average molecular weight is 622 g/mol. The van der Waals surface area contributed by atoms with Gasteiger partial charge in [0.25, 0.3) is 5.91 Å². The number of unbranched alkanes of at least 4 members (excludes halogenated alkanes) is 2. The number of aromatic nitrogens is 6. The number of carbonyl (C=O) groups is 1. The van der Waals surface area contributed by atoms with Crippen LogP contribution < -0.4 is 10.1 Å². The Morgan fingerprint density at radius 2 is 1.73 bits per heavy atom. The summed E-state index contributed by atoms with van der Waals surface area (Å²) in [4.78, 5) is 13.6. The van der Waals surface area contributed by atoms with Gasteiger partial charge in [-0.25, -0.2) is 0 Å². The van der Waals surface area contributed by atoms with Gasteiger partial charge in [0.15, 0.2) is 5.54 Å². The van der Waals surface area contributed by atoms with Crippen molar-refractivity contribution in [3.63, 3.8) is 0 Å². The molecule has 4 aromatic rings. The van der Waals surface area contributed by atoms with Crippen molar-refractivity contribution in [1.82, 2.24) is 35.7 Å². The van der Waals surface area contributed by atoms with Crippen LogP contribution in [0.3, 0.4) is 0 Å². The second-order valence-electron chi connectivity index (χ2n) is 10.8. The Labute approximate surface area is 247 Å². The van der Waals surface area contributed by atoms with Gasteiger partial charge in [-0.15, -0.1) is 10.2 Å². The van der Waals surface area contributed by atoms with E-state index in [4.69, 9.17) is 4.74 Å². The summed E-state index contributed by atoms with van der Waals surface area (Å²) in [7, 11) is 0. The van der Waals surface area contributed by atoms with Gasteiger partial charge in [0.05, 0.1) is 23.4 Å². The second-order valence-corrected chi connectivity index (χ2v) is 10.8. The first-order chi connectivity index (χ1) is 20.8. The van der Waals surface area contributed by atoms with Gasteiger partial charge in [0.1, 0.15) is 5.75 Å². The lowest BCUT2D eigenvalue weighted by molar-refractivity contribution is -0.201. The van der Waals surface area contributed by atoms with Crippen molar-refractivity contribution in [3.8, 4) is 5.75 Å². The highest BCUT2D eigenvalue weighted by Crippen LogP contribution is 2.50. The van der Waals surface area contributed by atoms with Crippen LogP contribution in [-0.2, 0) is 10.3 Å². The Kier molecular flexibility index (Phi) is 8.40. The summed E-state index contributed by atoms with van der Waals surface area (Å²) < 4.78 is 89.6. The van der Waals surface area contributed by atoms with Gasteiger partial charge in [0.2, 0.25) is 5.82 Å². The number of hydrogen-bond acceptors (Lipinski definition) is 6. The molecular formula is C29H29F6N7O2. The molecule has 0 fully saturated rings. The molecule has 0 saturated heterocycles. The predicted molar refractivity (Wildman–Crippen MR) is 148 cm³/mol. The van der Waals surface area contributed by atoms with E-state index in [9.17, 15) is 18.0 Å². The Bertz CT molecular complexity index is 1640. The first-order valence-electron chi connectivity index (χ1n) is 13.9. The molecule has 5 rings (SSSR count). The molecule has 3 heterocycles. The van der Waals surface area contributed by atoms with Gasteiger partial charge >= 0.3 is 12.4 Å². The van der Waals surface area contributed by atoms with Crippen LogP contribution >= 0.6 is 0 Å². The molecule has 0 spiro atoms. The van der Waals surface area contributed by atoms with E-state index < -0.39 is 36.6 Å². The van der Waals surface area contributed by atoms with Gasteiger partial charge in [-0.05, 0) is 62.1 Å². The minimum Gasteiger partial charge on any atom is -0.494 e. The molecule has 2 aromatic carbocycles. The number of H-pyrrole nitrogens is 1. The number of aromatic amines is 1. The number of nitrogens with zero attached hydrogens (tertiary/aromatic N) is 5. The number of alkyl halides is 6. The van der Waals surface area contributed by atoms with E-state index in [1.165, 1.54) is 24.3 Å². The quantitative estimate of drug-likeness (QED) is 0.154. The fourth-order valence-electron chi connectivity index (χ4n) is 5.34. The lowest BCUT2D eigenvalue weighted by atomic mass is 9.77. The standard InChI is InChI=1S/C29H29F6N7O2/c1-17(2)42-22-9-5-4-8-20(22)24(39-42)21-16-27(29(33,34)35,36-26(43)23(21)25-37-40-41-38-25)18-10-12-19(13-11-18)44-15-7-3-6-14-28(30,31)32/h4-5,8-13,17H,3,6-7,14-16H2,1-2H3,(H,36,43)(H,37,38,40,41). The zero-order valence-electron chi connectivity index (χ0n) is 23.8. The van der Waals surface area contributed by atoms with Crippen LogP contribution in [0.2, 0.25) is 0 Å². The Morgan fingerprint density at radius 3 is 2.36 bits per heavy atom. The van der Waals surface area contributed by atoms with E-state index in [-0.39, 0.29) is 53.0 Å². The summed E-state index contributed by atoms with van der Waals surface area (Å²) in [5.41, 5.74) is -2.38. The van der Waals surface area contributed by atoms with Crippen LogP contribution in [0.15, 0.2) is 48.5 Å². The summed E-state index contributed by atoms with van der Waals surface area (Å²) in [6.07, 6.45) is -10.2. The van der Waals surface area contributed by atoms with Gasteiger partial charge in [-0.1, -0.05) is 30.3 Å². The van der Waals surface area contributed by atoms with Crippen LogP contribution in [-0.4, -0.2) is 55.3 Å². The highest BCUT2D eigenvalue weighted by molar-refractivity contribution is 6.28. The van der Waals surface area contributed by atoms with Crippen LogP contribution in [0.5, 0.6) is 5.75 Å². The first-order valence-corrected chi connectivity index (χ1v) is 13.9. The summed E-state index contributed by atoms with van der Waals surface area (Å²) in [6.45, 7) is 3.87. The predicted octanol–water partition coefficient (Wildman–Crippen LogP) is 6.52. The number of ether oxygens (including phenoxy) is 1. The topological polar surface area (TPSA) is 111 Å². The molecule has 9 nitrogen and oxygen atoms in total. The number of carbonyl (C=O) groups excluding carboxylic acids is 1. The zero-order chi connectivity index (χ0) is 31.7. The van der Waals surface area contributed by atoms with Crippen LogP contribution in [0.1, 0.15) is 69.1 Å². The lowest BCUT2D eigenvalue weighted by Crippen LogP contribution is -2.58. The van der Waals surface area contributed by atoms with Crippen LogP contribution in [0.4, 0.5) is 26.3 Å². The number of fused-ring (bicyclic) bond motifs is 1. The van der Waals surface area contributed by atoms with E-state index >= 15 is 13.2 Å². The summed E-state index contributed by atoms with van der Waals surface area (Å²) >= 11 is 0. The Balaban J connectivity index is 1.51. The highest BCUT2D eigenvalue weighted by Gasteiger charge is 2.60. The molecule has 15 heteroatoms. The number of tetrazole rings is 1. The van der Waals surface area contributed by atoms with E-state index in [1.54, 1.807) is 28.9 Å². The molecule has 234 valence electrons. The maximum Gasteiger partial charge on any atom is 0.416 e. The van der Waals surface area contributed by atoms with E-state index in [0.29, 0.717) is 23.7 Å². The normalized spacial score (nSPS) is 17.9. The van der Waals surface area contributed by atoms with Gasteiger partial charge in [-0.3, -0.25) is 9.48 Å². The third-order valence-electron chi connectivity index (χ3n) is 7.46. The molecule has 0 saturated carbocycles. The van der Waals surface area contributed by atoms with Crippen molar-refractivity contribution in [2.24, 2.45) is 0 Å². The van der Waals surface area contributed by atoms with Gasteiger partial charge < -0.3 is 10.1 Å². The molecule has 0 radical (unpaired) electrons. The molecule has 2 N–H and O–H groups in total. The third kappa shape index (κ3) is 6.13. The molecule has 1 aliphatic rings. The molecule has 44 heavy (non-hydrogen) atoms. The smallest absolute Gasteiger partial charge is 0.416 e. The zero-order valence-corrected chi connectivity index (χ0v) is 23.8. The minimum absolute atomic E-state index is 0.00209. The first kappa shape index (κ1) is 31.0. The van der Waals surface area contributed by atoms with Crippen molar-refractivity contribution in [2.45, 2.75) is 69.9 Å². The number of benzene rings is 2. The molecule has 1 aliphatic heterocycles. The average Bonchev–Trinajstić information content (AvgIpc) is 3.62. The molecule has 1 amide bonds. The van der Waals surface area contributed by atoms with Crippen molar-refractivity contribution in [1.29, 1.82) is 0 Å². The summed E-state index contributed by atoms with van der Waals surface area (Å²) in [5, 5.41) is 20.9. The number of rotatable bonds is 10. The largest absolute Gasteiger partial charge is 0.494 e. The van der Waals surface area contributed by atoms with E-state index in [1.807, 2.05) is 13.8 Å². The number of nitrogens with one attached hydrogen (secondary N) is 2. The summed E-state index contributed by atoms with van der Waals surface area (Å²) in [5.74, 6) is -0.975. The highest BCUT2D eigenvalue weighted by atomic mass is 19.4. The monoisotopic (exact) mass is 621 g/mol. The lowest BCUT2D eigenvalue weighted by Gasteiger charge is -2.41. The molecular weight excluding hydrogens is 592 g/mol. The number of hydrogen-bond donors (Lipinski definition) is 2. The van der Waals surface area contributed by atoms with E-state index in [0.717, 1.165) is 0 Å². The maximum atomic E-state index is 15.1. The Morgan fingerprint density at radius 1 is 1.00 bits per heavy atom. The molecule has 0 bridgehead atoms. The maximum absolute atomic E-state index is 15.1. The number of amides is 1. The fraction of sp³-hybridized carbons (Fsp3) is 0.414. The SMILES string of the molecule is CC(C)n1nc(C2=C(c3nn[nH]n3)C(=O)NC(c3ccc(OCCCCCC(F)(F)F)cc3)(C(F)(F)F)C2)c2ccccc21. The van der Waals surface area contributed by atoms with Gasteiger partial charge in [-0.2, -0.15) is 36.7 Å². The summed E-state index contributed by atoms with van der Waals surface area (Å²) in [6, 6.07) is 12.0. The molecule has 1 atom stereocenters. The minimum atomic E-state index is -4.95. The second kappa shape index (κ2) is 11.9. The third-order valence-corrected chi connectivity index (χ3v) is 7.46. The number of para-hydroxylation sites is 1. The van der Waals surface area contributed by atoms with E-state index in [2.05, 4.69) is 31.0 Å². The Hall–Kier alpha value is -4.43. The molecule has 0 aliphatic carbocycles. The van der Waals surface area contributed by atoms with Gasteiger partial charge in [0, 0.05) is 29.8 Å². The molecule has 1 unspecified atom stereocenters. The van der Waals surface area contributed by atoms with Crippen molar-refractivity contribution >= 4 is 28.0 Å². The van der Waals surface area contributed by atoms with Crippen molar-refractivity contribution in [2.75, 3.05) is 6.61 Å².